The van der Waals surface area contributed by atoms with Gasteiger partial charge in [0.15, 0.2) is 0 Å². The van der Waals surface area contributed by atoms with Crippen LogP contribution in [0.3, 0.4) is 0 Å². The molecule has 0 fully saturated rings. The summed E-state index contributed by atoms with van der Waals surface area (Å²) < 4.78 is 10.9. The fourth-order valence-corrected chi connectivity index (χ4v) is 4.69. The zero-order chi connectivity index (χ0) is 20.4. The molecule has 0 radical (unpaired) electrons. The predicted molar refractivity (Wildman–Crippen MR) is 112 cm³/mol. The van der Waals surface area contributed by atoms with Gasteiger partial charge in [0.05, 0.1) is 23.9 Å². The molecule has 2 N–H and O–H groups in total. The van der Waals surface area contributed by atoms with Crippen LogP contribution in [-0.4, -0.2) is 24.7 Å². The van der Waals surface area contributed by atoms with Crippen LogP contribution in [0.15, 0.2) is 45.8 Å². The first-order valence-electron chi connectivity index (χ1n) is 9.42. The largest absolute Gasteiger partial charge is 0.462 e. The third-order valence-electron chi connectivity index (χ3n) is 4.74. The first kappa shape index (κ1) is 19.1. The van der Waals surface area contributed by atoms with Crippen molar-refractivity contribution in [2.75, 3.05) is 6.61 Å². The van der Waals surface area contributed by atoms with Gasteiger partial charge in [-0.3, -0.25) is 4.79 Å². The maximum Gasteiger partial charge on any atom is 0.338 e. The first-order chi connectivity index (χ1) is 14.1. The lowest BCUT2D eigenvalue weighted by Gasteiger charge is -2.03. The van der Waals surface area contributed by atoms with Crippen molar-refractivity contribution in [1.29, 1.82) is 0 Å². The minimum Gasteiger partial charge on any atom is -0.462 e. The van der Waals surface area contributed by atoms with Gasteiger partial charge in [-0.1, -0.05) is 12.1 Å². The Morgan fingerprint density at radius 2 is 2.14 bits per heavy atom. The predicted octanol–water partition coefficient (Wildman–Crippen LogP) is 4.52. The van der Waals surface area contributed by atoms with Crippen molar-refractivity contribution in [3.05, 3.63) is 63.7 Å². The second-order valence-electron chi connectivity index (χ2n) is 6.66. The number of ether oxygens (including phenoxy) is 1. The molecule has 7 heteroatoms. The topological polar surface area (TPSA) is 94.9 Å². The number of amides is 1. The van der Waals surface area contributed by atoms with E-state index in [0.717, 1.165) is 30.4 Å². The molecule has 2 heterocycles. The van der Waals surface area contributed by atoms with E-state index in [0.29, 0.717) is 34.3 Å². The van der Waals surface area contributed by atoms with Crippen molar-refractivity contribution in [1.82, 2.24) is 0 Å². The normalized spacial score (nSPS) is 13.0. The van der Waals surface area contributed by atoms with Gasteiger partial charge in [-0.15, -0.1) is 11.3 Å². The minimum atomic E-state index is -0.438. The highest BCUT2D eigenvalue weighted by Crippen LogP contribution is 2.40. The van der Waals surface area contributed by atoms with E-state index < -0.39 is 5.91 Å². The third-order valence-corrected chi connectivity index (χ3v) is 5.94. The van der Waals surface area contributed by atoms with Crippen LogP contribution in [0.25, 0.3) is 11.3 Å². The average molecular weight is 408 g/mol. The zero-order valence-corrected chi connectivity index (χ0v) is 16.8. The maximum atomic E-state index is 11.9. The van der Waals surface area contributed by atoms with Gasteiger partial charge in [0, 0.05) is 10.4 Å². The summed E-state index contributed by atoms with van der Waals surface area (Å²) in [5.74, 6) is 0.354. The Kier molecular flexibility index (Phi) is 5.31. The number of aliphatic imine (C=N–C) groups is 1. The summed E-state index contributed by atoms with van der Waals surface area (Å²) in [5, 5.41) is 0.629. The summed E-state index contributed by atoms with van der Waals surface area (Å²) in [6.07, 6.45) is 4.49. The summed E-state index contributed by atoms with van der Waals surface area (Å²) in [7, 11) is 0. The Morgan fingerprint density at radius 3 is 2.93 bits per heavy atom. The lowest BCUT2D eigenvalue weighted by atomic mass is 10.1. The molecule has 3 aromatic rings. The molecule has 0 bridgehead atoms. The Hall–Kier alpha value is -3.19. The van der Waals surface area contributed by atoms with E-state index in [2.05, 4.69) is 4.99 Å². The second kappa shape index (κ2) is 8.05. The van der Waals surface area contributed by atoms with Crippen LogP contribution in [0.2, 0.25) is 0 Å². The Labute approximate surface area is 172 Å². The quantitative estimate of drug-likeness (QED) is 0.479. The molecule has 1 aromatic carbocycles. The lowest BCUT2D eigenvalue weighted by molar-refractivity contribution is 0.0526. The highest BCUT2D eigenvalue weighted by molar-refractivity contribution is 7.16. The number of hydrogen-bond acceptors (Lipinski definition) is 6. The van der Waals surface area contributed by atoms with Gasteiger partial charge in [0.2, 0.25) is 0 Å². The van der Waals surface area contributed by atoms with Crippen LogP contribution in [0.1, 0.15) is 50.3 Å². The molecule has 0 saturated carbocycles. The summed E-state index contributed by atoms with van der Waals surface area (Å²) >= 11 is 1.52. The third kappa shape index (κ3) is 3.86. The number of carbonyl (C=O) groups is 2. The zero-order valence-electron chi connectivity index (χ0n) is 15.9. The standard InChI is InChI=1S/C22H20N2O4S/c1-2-27-22(26)14-6-3-5-13(11-14)17-10-9-15(28-17)12-24-21-19(20(23)25)16-7-4-8-18(16)29-21/h3,5-6,9-12H,2,4,7-8H2,1H3,(H2,23,25)/b24-12+. The van der Waals surface area contributed by atoms with E-state index in [1.165, 1.54) is 16.2 Å². The monoisotopic (exact) mass is 408 g/mol. The van der Waals surface area contributed by atoms with Gasteiger partial charge in [-0.2, -0.15) is 0 Å². The van der Waals surface area contributed by atoms with E-state index >= 15 is 0 Å². The molecule has 29 heavy (non-hydrogen) atoms. The Morgan fingerprint density at radius 1 is 1.28 bits per heavy atom. The molecule has 0 atom stereocenters. The Balaban J connectivity index is 1.57. The summed E-state index contributed by atoms with van der Waals surface area (Å²) in [4.78, 5) is 29.5. The molecule has 6 nitrogen and oxygen atoms in total. The molecule has 0 aliphatic heterocycles. The minimum absolute atomic E-state index is 0.323. The molecule has 148 valence electrons. The molecular weight excluding hydrogens is 388 g/mol. The van der Waals surface area contributed by atoms with E-state index in [9.17, 15) is 9.59 Å². The second-order valence-corrected chi connectivity index (χ2v) is 7.75. The van der Waals surface area contributed by atoms with Crippen molar-refractivity contribution >= 4 is 34.4 Å². The molecule has 4 rings (SSSR count). The number of nitrogens with two attached hydrogens (primary N) is 1. The number of hydrogen-bond donors (Lipinski definition) is 1. The van der Waals surface area contributed by atoms with Crippen molar-refractivity contribution in [3.8, 4) is 11.3 Å². The fourth-order valence-electron chi connectivity index (χ4n) is 3.45. The molecule has 2 aromatic heterocycles. The number of furan rings is 1. The average Bonchev–Trinajstić information content (AvgIpc) is 3.42. The van der Waals surface area contributed by atoms with Crippen LogP contribution in [-0.2, 0) is 17.6 Å². The number of benzene rings is 1. The van der Waals surface area contributed by atoms with Crippen LogP contribution >= 0.6 is 11.3 Å². The van der Waals surface area contributed by atoms with Crippen molar-refractivity contribution < 1.29 is 18.7 Å². The summed E-state index contributed by atoms with van der Waals surface area (Å²) in [6, 6.07) is 10.7. The Bertz CT molecular complexity index is 1110. The van der Waals surface area contributed by atoms with Crippen LogP contribution < -0.4 is 5.73 Å². The van der Waals surface area contributed by atoms with Crippen LogP contribution in [0.4, 0.5) is 5.00 Å². The van der Waals surface area contributed by atoms with Crippen molar-refractivity contribution in [2.24, 2.45) is 10.7 Å². The van der Waals surface area contributed by atoms with E-state index in [1.54, 1.807) is 37.4 Å². The number of primary amides is 1. The van der Waals surface area contributed by atoms with Gasteiger partial charge in [-0.25, -0.2) is 9.79 Å². The highest BCUT2D eigenvalue weighted by Gasteiger charge is 2.24. The molecular formula is C22H20N2O4S. The van der Waals surface area contributed by atoms with E-state index in [4.69, 9.17) is 14.9 Å². The van der Waals surface area contributed by atoms with Gasteiger partial charge in [0.25, 0.3) is 5.91 Å². The molecule has 0 spiro atoms. The number of aryl methyl sites for hydroxylation is 1. The molecule has 1 aliphatic carbocycles. The first-order valence-corrected chi connectivity index (χ1v) is 10.2. The van der Waals surface area contributed by atoms with E-state index in [1.807, 2.05) is 12.1 Å². The number of thiophene rings is 1. The maximum absolute atomic E-state index is 11.9. The number of esters is 1. The highest BCUT2D eigenvalue weighted by atomic mass is 32.1. The van der Waals surface area contributed by atoms with Gasteiger partial charge in [-0.05, 0) is 56.0 Å². The molecule has 1 amide bonds. The summed E-state index contributed by atoms with van der Waals surface area (Å²) in [6.45, 7) is 2.09. The van der Waals surface area contributed by atoms with Crippen LogP contribution in [0, 0.1) is 0 Å². The fraction of sp³-hybridized carbons (Fsp3) is 0.227. The molecule has 0 saturated heterocycles. The SMILES string of the molecule is CCOC(=O)c1cccc(-c2ccc(/C=N/c3sc4c(c3C(N)=O)CCC4)o2)c1. The lowest BCUT2D eigenvalue weighted by Crippen LogP contribution is -2.12. The smallest absolute Gasteiger partial charge is 0.338 e. The van der Waals surface area contributed by atoms with Gasteiger partial charge >= 0.3 is 5.97 Å². The number of carbonyl (C=O) groups excluding carboxylic acids is 2. The van der Waals surface area contributed by atoms with Gasteiger partial charge in [0.1, 0.15) is 16.5 Å². The van der Waals surface area contributed by atoms with Gasteiger partial charge < -0.3 is 14.9 Å². The number of nitrogens with zero attached hydrogens (tertiary/aromatic N) is 1. The number of rotatable bonds is 6. The molecule has 0 unspecified atom stereocenters. The summed E-state index contributed by atoms with van der Waals surface area (Å²) in [5.41, 5.74) is 8.39. The van der Waals surface area contributed by atoms with Crippen LogP contribution in [0.5, 0.6) is 0 Å². The number of fused-ring (bicyclic) bond motifs is 1. The van der Waals surface area contributed by atoms with Crippen molar-refractivity contribution in [2.45, 2.75) is 26.2 Å². The van der Waals surface area contributed by atoms with E-state index in [-0.39, 0.29) is 5.97 Å². The van der Waals surface area contributed by atoms with Crippen molar-refractivity contribution in [3.63, 3.8) is 0 Å². The molecule has 1 aliphatic rings.